The number of rotatable bonds is 8. The van der Waals surface area contributed by atoms with E-state index in [2.05, 4.69) is 27.2 Å². The number of anilines is 2. The van der Waals surface area contributed by atoms with Crippen molar-refractivity contribution in [3.8, 4) is 17.0 Å². The van der Waals surface area contributed by atoms with E-state index < -0.39 is 5.54 Å². The second-order valence-electron chi connectivity index (χ2n) is 9.58. The van der Waals surface area contributed by atoms with Crippen molar-refractivity contribution in [3.63, 3.8) is 0 Å². The molecular formula is C28H30FN5O3. The van der Waals surface area contributed by atoms with Crippen molar-refractivity contribution in [3.05, 3.63) is 72.0 Å². The van der Waals surface area contributed by atoms with Gasteiger partial charge in [0.1, 0.15) is 18.2 Å². The van der Waals surface area contributed by atoms with Gasteiger partial charge in [-0.25, -0.2) is 4.39 Å². The normalized spacial score (nSPS) is 18.5. The maximum Gasteiger partial charge on any atom is 0.255 e. The number of aromatic nitrogens is 2. The maximum atomic E-state index is 14.6. The van der Waals surface area contributed by atoms with E-state index in [4.69, 9.17) is 4.74 Å². The quantitative estimate of drug-likeness (QED) is 0.397. The molecule has 3 N–H and O–H groups in total. The zero-order valence-corrected chi connectivity index (χ0v) is 21.0. The van der Waals surface area contributed by atoms with Crippen LogP contribution in [0.5, 0.6) is 5.75 Å². The van der Waals surface area contributed by atoms with Gasteiger partial charge in [0.15, 0.2) is 0 Å². The fourth-order valence-corrected chi connectivity index (χ4v) is 5.05. The minimum atomic E-state index is -0.452. The number of hydrogen-bond acceptors (Lipinski definition) is 5. The number of fused-ring (bicyclic) bond motifs is 1. The first-order valence-electron chi connectivity index (χ1n) is 12.4. The molecule has 2 aliphatic heterocycles. The van der Waals surface area contributed by atoms with Crippen molar-refractivity contribution in [2.24, 2.45) is 0 Å². The summed E-state index contributed by atoms with van der Waals surface area (Å²) in [6.07, 6.45) is 6.54. The highest BCUT2D eigenvalue weighted by Gasteiger charge is 2.43. The molecule has 5 rings (SSSR count). The number of benzene rings is 1. The third-order valence-corrected chi connectivity index (χ3v) is 7.26. The fourth-order valence-electron chi connectivity index (χ4n) is 5.05. The van der Waals surface area contributed by atoms with Gasteiger partial charge in [-0.2, -0.15) is 0 Å². The van der Waals surface area contributed by atoms with Crippen molar-refractivity contribution >= 4 is 23.2 Å². The third-order valence-electron chi connectivity index (χ3n) is 7.26. The van der Waals surface area contributed by atoms with Crippen molar-refractivity contribution < 1.29 is 18.7 Å². The molecule has 1 saturated heterocycles. The summed E-state index contributed by atoms with van der Waals surface area (Å²) in [4.78, 5) is 34.6. The topological polar surface area (TPSA) is 99.3 Å². The van der Waals surface area contributed by atoms with Crippen LogP contribution in [-0.2, 0) is 17.6 Å². The highest BCUT2D eigenvalue weighted by molar-refractivity contribution is 6.06. The number of aromatic amines is 1. The van der Waals surface area contributed by atoms with E-state index in [1.54, 1.807) is 29.4 Å². The van der Waals surface area contributed by atoms with Gasteiger partial charge in [-0.3, -0.25) is 14.6 Å². The molecule has 1 fully saturated rings. The van der Waals surface area contributed by atoms with Gasteiger partial charge in [0.25, 0.3) is 5.91 Å². The predicted molar refractivity (Wildman–Crippen MR) is 140 cm³/mol. The van der Waals surface area contributed by atoms with Crippen LogP contribution in [0, 0.1) is 5.82 Å². The number of H-pyrrole nitrogens is 1. The molecule has 4 heterocycles. The molecular weight excluding hydrogens is 473 g/mol. The average molecular weight is 504 g/mol. The van der Waals surface area contributed by atoms with Crippen LogP contribution in [-0.4, -0.2) is 51.9 Å². The standard InChI is InChI=1S/C28H30FN5O3/c1-4-17-19(29)7-6-8-20(17)32-26-24-21(10-13-31-27(24)36)33-25(26)18-9-12-30-15-22(18)37-16-28(3)11-14-34(28)23(35)5-2/h5-9,12,15,32-33H,2,4,10-11,13-14,16H2,1,3H3,(H,31,36). The molecule has 0 radical (unpaired) electrons. The predicted octanol–water partition coefficient (Wildman–Crippen LogP) is 4.36. The van der Waals surface area contributed by atoms with E-state index in [1.165, 1.54) is 12.1 Å². The van der Waals surface area contributed by atoms with Gasteiger partial charge in [-0.05, 0) is 44.0 Å². The van der Waals surface area contributed by atoms with E-state index in [9.17, 15) is 14.0 Å². The maximum absolute atomic E-state index is 14.6. The van der Waals surface area contributed by atoms with Gasteiger partial charge in [-0.1, -0.05) is 19.6 Å². The molecule has 0 saturated carbocycles. The summed E-state index contributed by atoms with van der Waals surface area (Å²) in [5.41, 5.74) is 3.91. The van der Waals surface area contributed by atoms with Crippen molar-refractivity contribution in [1.29, 1.82) is 0 Å². The van der Waals surface area contributed by atoms with Crippen LogP contribution in [0.25, 0.3) is 11.3 Å². The van der Waals surface area contributed by atoms with Gasteiger partial charge in [0, 0.05) is 48.2 Å². The van der Waals surface area contributed by atoms with Gasteiger partial charge in [0.2, 0.25) is 5.91 Å². The van der Waals surface area contributed by atoms with Crippen LogP contribution in [0.4, 0.5) is 15.8 Å². The Labute approximate surface area is 214 Å². The molecule has 1 aromatic carbocycles. The fraction of sp³-hybridized carbons (Fsp3) is 0.321. The highest BCUT2D eigenvalue weighted by atomic mass is 19.1. The van der Waals surface area contributed by atoms with Gasteiger partial charge in [0.05, 0.1) is 28.7 Å². The van der Waals surface area contributed by atoms with E-state index in [-0.39, 0.29) is 24.2 Å². The molecule has 192 valence electrons. The summed E-state index contributed by atoms with van der Waals surface area (Å²) in [5.74, 6) is -0.111. The molecule has 1 unspecified atom stereocenters. The molecule has 37 heavy (non-hydrogen) atoms. The second kappa shape index (κ2) is 9.72. The Bertz CT molecular complexity index is 1380. The summed E-state index contributed by atoms with van der Waals surface area (Å²) >= 11 is 0. The molecule has 8 nitrogen and oxygen atoms in total. The van der Waals surface area contributed by atoms with Crippen LogP contribution in [0.1, 0.15) is 41.9 Å². The van der Waals surface area contributed by atoms with Crippen molar-refractivity contribution in [1.82, 2.24) is 20.2 Å². The minimum absolute atomic E-state index is 0.125. The summed E-state index contributed by atoms with van der Waals surface area (Å²) in [6.45, 7) is 8.92. The summed E-state index contributed by atoms with van der Waals surface area (Å²) in [6, 6.07) is 6.70. The SMILES string of the molecule is C=CC(=O)N1CCC1(C)COc1cnccc1-c1[nH]c2c(c1Nc1cccc(F)c1CC)C(=O)NCC2. The Kier molecular flexibility index (Phi) is 6.45. The summed E-state index contributed by atoms with van der Waals surface area (Å²) < 4.78 is 20.8. The molecule has 0 spiro atoms. The van der Waals surface area contributed by atoms with Gasteiger partial charge >= 0.3 is 0 Å². The first-order chi connectivity index (χ1) is 17.9. The van der Waals surface area contributed by atoms with Crippen LogP contribution >= 0.6 is 0 Å². The molecule has 3 aromatic rings. The Balaban J connectivity index is 1.54. The van der Waals surface area contributed by atoms with E-state index in [0.717, 1.165) is 12.1 Å². The third kappa shape index (κ3) is 4.34. The molecule has 2 aliphatic rings. The second-order valence-corrected chi connectivity index (χ2v) is 9.58. The lowest BCUT2D eigenvalue weighted by atomic mass is 9.87. The number of carbonyl (C=O) groups is 2. The minimum Gasteiger partial charge on any atom is -0.489 e. The monoisotopic (exact) mass is 503 g/mol. The smallest absolute Gasteiger partial charge is 0.255 e. The number of pyridine rings is 1. The van der Waals surface area contributed by atoms with Gasteiger partial charge < -0.3 is 25.3 Å². The zero-order chi connectivity index (χ0) is 26.2. The molecule has 0 aliphatic carbocycles. The van der Waals surface area contributed by atoms with Crippen LogP contribution in [0.15, 0.2) is 49.3 Å². The number of carbonyl (C=O) groups excluding carboxylic acids is 2. The number of halogens is 1. The zero-order valence-electron chi connectivity index (χ0n) is 21.0. The molecule has 2 amide bonds. The number of likely N-dealkylation sites (tertiary alicyclic amines) is 1. The molecule has 0 bridgehead atoms. The summed E-state index contributed by atoms with van der Waals surface area (Å²) in [7, 11) is 0. The van der Waals surface area contributed by atoms with Crippen molar-refractivity contribution in [2.45, 2.75) is 38.6 Å². The highest BCUT2D eigenvalue weighted by Crippen LogP contribution is 2.41. The van der Waals surface area contributed by atoms with E-state index >= 15 is 0 Å². The number of hydrogen-bond donors (Lipinski definition) is 3. The lowest BCUT2D eigenvalue weighted by Gasteiger charge is -2.49. The molecule has 2 aromatic heterocycles. The van der Waals surface area contributed by atoms with Crippen LogP contribution in [0.2, 0.25) is 0 Å². The van der Waals surface area contributed by atoms with Crippen molar-refractivity contribution in [2.75, 3.05) is 25.0 Å². The lowest BCUT2D eigenvalue weighted by Crippen LogP contribution is -2.62. The Morgan fingerprint density at radius 2 is 2.22 bits per heavy atom. The average Bonchev–Trinajstić information content (AvgIpc) is 3.26. The van der Waals surface area contributed by atoms with E-state index in [1.807, 2.05) is 19.9 Å². The molecule has 9 heteroatoms. The Morgan fingerprint density at radius 3 is 2.95 bits per heavy atom. The lowest BCUT2D eigenvalue weighted by molar-refractivity contribution is -0.142. The van der Waals surface area contributed by atoms with Crippen LogP contribution in [0.3, 0.4) is 0 Å². The first-order valence-corrected chi connectivity index (χ1v) is 12.4. The van der Waals surface area contributed by atoms with E-state index in [0.29, 0.717) is 65.4 Å². The van der Waals surface area contributed by atoms with Gasteiger partial charge in [-0.15, -0.1) is 0 Å². The molecule has 1 atom stereocenters. The number of nitrogens with one attached hydrogen (secondary N) is 3. The Morgan fingerprint density at radius 1 is 1.38 bits per heavy atom. The van der Waals surface area contributed by atoms with Crippen LogP contribution < -0.4 is 15.4 Å². The summed E-state index contributed by atoms with van der Waals surface area (Å²) in [5, 5.41) is 6.25. The number of nitrogens with zero attached hydrogens (tertiary/aromatic N) is 2. The number of amides is 2. The first kappa shape index (κ1) is 24.5. The number of ether oxygens (including phenoxy) is 1. The Hall–Kier alpha value is -4.14. The largest absolute Gasteiger partial charge is 0.489 e.